The molecule has 2 aromatic heterocycles. The van der Waals surface area contributed by atoms with E-state index in [1.165, 1.54) is 0 Å². The van der Waals surface area contributed by atoms with Crippen LogP contribution in [0.4, 0.5) is 5.82 Å². The van der Waals surface area contributed by atoms with Crippen LogP contribution in [0.25, 0.3) is 5.65 Å². The molecular formula is C19H25N5O. The molecule has 0 fully saturated rings. The largest absolute Gasteiger partial charge is 0.491 e. The average molecular weight is 339 g/mol. The molecule has 0 radical (unpaired) electrons. The minimum absolute atomic E-state index is 0.114. The third kappa shape index (κ3) is 3.73. The lowest BCUT2D eigenvalue weighted by atomic mass is 9.96. The lowest BCUT2D eigenvalue weighted by Crippen LogP contribution is -2.26. The average Bonchev–Trinajstić information content (AvgIpc) is 2.99. The monoisotopic (exact) mass is 339 g/mol. The predicted octanol–water partition coefficient (Wildman–Crippen LogP) is 3.25. The first-order valence-corrected chi connectivity index (χ1v) is 8.49. The lowest BCUT2D eigenvalue weighted by Gasteiger charge is -2.20. The fourth-order valence-corrected chi connectivity index (χ4v) is 2.58. The first kappa shape index (κ1) is 17.2. The third-order valence-corrected chi connectivity index (χ3v) is 4.09. The van der Waals surface area contributed by atoms with Gasteiger partial charge in [0.15, 0.2) is 11.5 Å². The smallest absolute Gasteiger partial charge is 0.178 e. The summed E-state index contributed by atoms with van der Waals surface area (Å²) in [6.07, 6.45) is 0. The molecule has 2 heterocycles. The van der Waals surface area contributed by atoms with E-state index in [2.05, 4.69) is 48.9 Å². The van der Waals surface area contributed by atoms with Crippen LogP contribution < -0.4 is 9.64 Å². The van der Waals surface area contributed by atoms with Gasteiger partial charge in [-0.05, 0) is 30.7 Å². The van der Waals surface area contributed by atoms with Crippen LogP contribution in [-0.4, -0.2) is 40.0 Å². The number of nitrogens with zero attached hydrogens (tertiary/aromatic N) is 5. The fourth-order valence-electron chi connectivity index (χ4n) is 2.58. The molecule has 0 aliphatic rings. The molecule has 0 amide bonds. The van der Waals surface area contributed by atoms with Gasteiger partial charge in [-0.3, -0.25) is 0 Å². The fraction of sp³-hybridized carbons (Fsp3) is 0.421. The number of likely N-dealkylation sites (N-methyl/N-ethyl adjacent to an activating group) is 1. The molecule has 132 valence electrons. The van der Waals surface area contributed by atoms with Crippen molar-refractivity contribution in [2.45, 2.75) is 33.1 Å². The van der Waals surface area contributed by atoms with Crippen molar-refractivity contribution in [1.29, 1.82) is 0 Å². The molecule has 3 aromatic rings. The van der Waals surface area contributed by atoms with Crippen molar-refractivity contribution in [2.24, 2.45) is 0 Å². The van der Waals surface area contributed by atoms with Crippen LogP contribution in [0.1, 0.15) is 32.2 Å². The zero-order chi connectivity index (χ0) is 18.0. The van der Waals surface area contributed by atoms with Gasteiger partial charge in [0, 0.05) is 12.5 Å². The number of benzene rings is 1. The van der Waals surface area contributed by atoms with Crippen LogP contribution in [0.15, 0.2) is 36.4 Å². The summed E-state index contributed by atoms with van der Waals surface area (Å²) in [6, 6.07) is 12.0. The number of aromatic nitrogens is 4. The SMILES string of the molecule is Cc1ccccc1OCCN(C)c1ccc2nnc(C(C)(C)C)n2n1. The van der Waals surface area contributed by atoms with E-state index >= 15 is 0 Å². The summed E-state index contributed by atoms with van der Waals surface area (Å²) >= 11 is 0. The Bertz CT molecular complexity index is 866. The van der Waals surface area contributed by atoms with E-state index in [4.69, 9.17) is 9.84 Å². The number of ether oxygens (including phenoxy) is 1. The number of rotatable bonds is 5. The normalized spacial score (nSPS) is 11.7. The van der Waals surface area contributed by atoms with E-state index in [1.807, 2.05) is 41.9 Å². The quantitative estimate of drug-likeness (QED) is 0.714. The first-order valence-electron chi connectivity index (χ1n) is 8.49. The Morgan fingerprint density at radius 3 is 2.56 bits per heavy atom. The van der Waals surface area contributed by atoms with Crippen molar-refractivity contribution >= 4 is 11.5 Å². The molecule has 6 nitrogen and oxygen atoms in total. The van der Waals surface area contributed by atoms with E-state index in [1.54, 1.807) is 0 Å². The molecule has 0 saturated carbocycles. The van der Waals surface area contributed by atoms with Gasteiger partial charge in [-0.1, -0.05) is 39.0 Å². The van der Waals surface area contributed by atoms with Crippen LogP contribution in [0.5, 0.6) is 5.75 Å². The van der Waals surface area contributed by atoms with E-state index in [0.29, 0.717) is 6.61 Å². The van der Waals surface area contributed by atoms with Crippen molar-refractivity contribution in [3.05, 3.63) is 47.8 Å². The van der Waals surface area contributed by atoms with Crippen molar-refractivity contribution in [3.63, 3.8) is 0 Å². The van der Waals surface area contributed by atoms with Gasteiger partial charge in [0.05, 0.1) is 6.54 Å². The highest BCUT2D eigenvalue weighted by Crippen LogP contribution is 2.21. The van der Waals surface area contributed by atoms with Gasteiger partial charge in [-0.25, -0.2) is 0 Å². The zero-order valence-corrected chi connectivity index (χ0v) is 15.5. The molecule has 1 aromatic carbocycles. The van der Waals surface area contributed by atoms with Crippen LogP contribution in [0, 0.1) is 6.92 Å². The number of anilines is 1. The summed E-state index contributed by atoms with van der Waals surface area (Å²) in [4.78, 5) is 2.07. The molecule has 3 rings (SSSR count). The molecule has 0 atom stereocenters. The predicted molar refractivity (Wildman–Crippen MR) is 99.4 cm³/mol. The van der Waals surface area contributed by atoms with E-state index in [0.717, 1.165) is 35.1 Å². The summed E-state index contributed by atoms with van der Waals surface area (Å²) in [6.45, 7) is 9.70. The lowest BCUT2D eigenvalue weighted by molar-refractivity contribution is 0.323. The highest BCUT2D eigenvalue weighted by atomic mass is 16.5. The molecule has 0 N–H and O–H groups in total. The minimum atomic E-state index is -0.114. The number of hydrogen-bond donors (Lipinski definition) is 0. The standard InChI is InChI=1S/C19H25N5O/c1-14-8-6-7-9-15(14)25-13-12-23(5)17-11-10-16-20-21-18(19(2,3)4)24(16)22-17/h6-11H,12-13H2,1-5H3. The van der Waals surface area contributed by atoms with Gasteiger partial charge in [0.25, 0.3) is 0 Å². The topological polar surface area (TPSA) is 55.5 Å². The van der Waals surface area contributed by atoms with E-state index in [9.17, 15) is 0 Å². The molecular weight excluding hydrogens is 314 g/mol. The Balaban J connectivity index is 1.71. The highest BCUT2D eigenvalue weighted by molar-refractivity contribution is 5.45. The molecule has 0 aliphatic heterocycles. The van der Waals surface area contributed by atoms with Gasteiger partial charge < -0.3 is 9.64 Å². The Hall–Kier alpha value is -2.63. The molecule has 6 heteroatoms. The Morgan fingerprint density at radius 2 is 1.84 bits per heavy atom. The summed E-state index contributed by atoms with van der Waals surface area (Å²) in [5.74, 6) is 2.65. The van der Waals surface area contributed by atoms with Gasteiger partial charge in [0.2, 0.25) is 0 Å². The van der Waals surface area contributed by atoms with Crippen molar-refractivity contribution in [3.8, 4) is 5.75 Å². The number of para-hydroxylation sites is 1. The third-order valence-electron chi connectivity index (χ3n) is 4.09. The van der Waals surface area contributed by atoms with Crippen molar-refractivity contribution < 1.29 is 4.74 Å². The molecule has 0 spiro atoms. The van der Waals surface area contributed by atoms with E-state index < -0.39 is 0 Å². The van der Waals surface area contributed by atoms with Crippen LogP contribution in [0.2, 0.25) is 0 Å². The van der Waals surface area contributed by atoms with Crippen LogP contribution >= 0.6 is 0 Å². The second-order valence-corrected chi connectivity index (χ2v) is 7.27. The first-order chi connectivity index (χ1) is 11.9. The maximum absolute atomic E-state index is 5.88. The molecule has 25 heavy (non-hydrogen) atoms. The highest BCUT2D eigenvalue weighted by Gasteiger charge is 2.22. The number of hydrogen-bond acceptors (Lipinski definition) is 5. The number of fused-ring (bicyclic) bond motifs is 1. The molecule has 0 unspecified atom stereocenters. The van der Waals surface area contributed by atoms with Crippen LogP contribution in [-0.2, 0) is 5.41 Å². The number of aryl methyl sites for hydroxylation is 1. The van der Waals surface area contributed by atoms with Crippen LogP contribution in [0.3, 0.4) is 0 Å². The Labute approximate surface area is 148 Å². The maximum atomic E-state index is 5.88. The van der Waals surface area contributed by atoms with E-state index in [-0.39, 0.29) is 5.41 Å². The van der Waals surface area contributed by atoms with Gasteiger partial charge >= 0.3 is 0 Å². The molecule has 0 saturated heterocycles. The van der Waals surface area contributed by atoms with Gasteiger partial charge in [0.1, 0.15) is 18.2 Å². The summed E-state index contributed by atoms with van der Waals surface area (Å²) in [5.41, 5.74) is 1.79. The second kappa shape index (κ2) is 6.70. The minimum Gasteiger partial charge on any atom is -0.491 e. The summed E-state index contributed by atoms with van der Waals surface area (Å²) in [5, 5.41) is 13.2. The molecule has 0 bridgehead atoms. The van der Waals surface area contributed by atoms with Gasteiger partial charge in [-0.15, -0.1) is 15.3 Å². The summed E-state index contributed by atoms with van der Waals surface area (Å²) < 4.78 is 7.71. The summed E-state index contributed by atoms with van der Waals surface area (Å²) in [7, 11) is 2.01. The second-order valence-electron chi connectivity index (χ2n) is 7.27. The Morgan fingerprint density at radius 1 is 1.08 bits per heavy atom. The van der Waals surface area contributed by atoms with Gasteiger partial charge in [-0.2, -0.15) is 4.52 Å². The van der Waals surface area contributed by atoms with Crippen molar-refractivity contribution in [1.82, 2.24) is 19.8 Å². The zero-order valence-electron chi connectivity index (χ0n) is 15.5. The molecule has 0 aliphatic carbocycles. The maximum Gasteiger partial charge on any atom is 0.178 e. The Kier molecular flexibility index (Phi) is 4.61. The van der Waals surface area contributed by atoms with Crippen molar-refractivity contribution in [2.75, 3.05) is 25.1 Å².